The third-order valence-corrected chi connectivity index (χ3v) is 4.22. The fraction of sp³-hybridized carbons (Fsp3) is 0.278. The zero-order chi connectivity index (χ0) is 22.1. The van der Waals surface area contributed by atoms with Crippen molar-refractivity contribution in [2.24, 2.45) is 0 Å². The van der Waals surface area contributed by atoms with Gasteiger partial charge in [-0.1, -0.05) is 13.0 Å². The molecule has 0 saturated heterocycles. The zero-order valence-electron chi connectivity index (χ0n) is 15.5. The zero-order valence-corrected chi connectivity index (χ0v) is 15.5. The lowest BCUT2D eigenvalue weighted by Gasteiger charge is -2.30. The number of carbonyl (C=O) groups excluding carboxylic acids is 2. The molecular weight excluding hydrogens is 409 g/mol. The maximum atomic E-state index is 12.8. The molecule has 12 heteroatoms. The molecule has 0 aliphatic carbocycles. The number of amides is 2. The summed E-state index contributed by atoms with van der Waals surface area (Å²) in [7, 11) is 0. The maximum Gasteiger partial charge on any atom is 0.416 e. The standard InChI is InChI=1S/C18H15F3N4O5/c1-2-12-17(27)24(16-13(30-12)6-7-14(23-16)25(28)29)9-15(26)22-11-5-3-4-10(8-11)18(19,20)21/h3-8,12H,2,9H2,1H3,(H,22,26). The van der Waals surface area contributed by atoms with Crippen LogP contribution in [0.3, 0.4) is 0 Å². The van der Waals surface area contributed by atoms with E-state index in [4.69, 9.17) is 4.74 Å². The molecule has 2 amide bonds. The minimum absolute atomic E-state index is 0.0823. The van der Waals surface area contributed by atoms with E-state index in [2.05, 4.69) is 10.3 Å². The van der Waals surface area contributed by atoms with Crippen LogP contribution in [0.5, 0.6) is 5.75 Å². The Labute approximate surface area is 167 Å². The lowest BCUT2D eigenvalue weighted by Crippen LogP contribution is -2.49. The number of nitrogens with zero attached hydrogens (tertiary/aromatic N) is 3. The molecule has 0 saturated carbocycles. The Morgan fingerprint density at radius 2 is 2.07 bits per heavy atom. The van der Waals surface area contributed by atoms with Crippen molar-refractivity contribution in [2.75, 3.05) is 16.8 Å². The highest BCUT2D eigenvalue weighted by Crippen LogP contribution is 2.35. The number of alkyl halides is 3. The van der Waals surface area contributed by atoms with Crippen LogP contribution in [0.1, 0.15) is 18.9 Å². The summed E-state index contributed by atoms with van der Waals surface area (Å²) in [5.41, 5.74) is -1.06. The number of aromatic nitrogens is 1. The minimum Gasteiger partial charge on any atom is -0.474 e. The average molecular weight is 424 g/mol. The van der Waals surface area contributed by atoms with Crippen LogP contribution in [-0.2, 0) is 15.8 Å². The fourth-order valence-electron chi connectivity index (χ4n) is 2.82. The molecule has 0 bridgehead atoms. The molecule has 1 aliphatic rings. The van der Waals surface area contributed by atoms with E-state index in [0.717, 1.165) is 29.2 Å². The van der Waals surface area contributed by atoms with E-state index in [1.165, 1.54) is 12.1 Å². The number of nitrogens with one attached hydrogen (secondary N) is 1. The molecule has 2 heterocycles. The van der Waals surface area contributed by atoms with Gasteiger partial charge in [-0.25, -0.2) is 0 Å². The summed E-state index contributed by atoms with van der Waals surface area (Å²) in [6, 6.07) is 6.37. The molecule has 0 radical (unpaired) electrons. The van der Waals surface area contributed by atoms with E-state index in [1.807, 2.05) is 0 Å². The molecule has 1 unspecified atom stereocenters. The summed E-state index contributed by atoms with van der Waals surface area (Å²) in [6.07, 6.45) is -5.25. The number of carbonyl (C=O) groups is 2. The first-order valence-corrected chi connectivity index (χ1v) is 8.70. The molecule has 3 rings (SSSR count). The summed E-state index contributed by atoms with van der Waals surface area (Å²) >= 11 is 0. The first-order valence-electron chi connectivity index (χ1n) is 8.70. The van der Waals surface area contributed by atoms with Crippen LogP contribution in [-0.4, -0.2) is 34.4 Å². The van der Waals surface area contributed by atoms with Gasteiger partial charge in [-0.05, 0) is 40.6 Å². The number of halogens is 3. The van der Waals surface area contributed by atoms with Crippen molar-refractivity contribution in [3.63, 3.8) is 0 Å². The molecule has 1 aromatic carbocycles. The first kappa shape index (κ1) is 21.0. The van der Waals surface area contributed by atoms with Gasteiger partial charge in [0, 0.05) is 11.8 Å². The lowest BCUT2D eigenvalue weighted by molar-refractivity contribution is -0.389. The predicted molar refractivity (Wildman–Crippen MR) is 98.0 cm³/mol. The molecule has 0 fully saturated rings. The Balaban J connectivity index is 1.86. The van der Waals surface area contributed by atoms with Gasteiger partial charge in [-0.15, -0.1) is 0 Å². The Morgan fingerprint density at radius 3 is 2.70 bits per heavy atom. The van der Waals surface area contributed by atoms with Crippen LogP contribution in [0.2, 0.25) is 0 Å². The van der Waals surface area contributed by atoms with Crippen LogP contribution in [0.15, 0.2) is 36.4 Å². The number of fused-ring (bicyclic) bond motifs is 1. The van der Waals surface area contributed by atoms with E-state index in [9.17, 15) is 32.9 Å². The van der Waals surface area contributed by atoms with Gasteiger partial charge in [0.25, 0.3) is 11.7 Å². The Bertz CT molecular complexity index is 1010. The van der Waals surface area contributed by atoms with E-state index in [-0.39, 0.29) is 23.7 Å². The van der Waals surface area contributed by atoms with Gasteiger partial charge in [-0.2, -0.15) is 13.2 Å². The SMILES string of the molecule is CCC1Oc2ccc([N+](=O)[O-])nc2N(CC(=O)Nc2cccc(C(F)(F)F)c2)C1=O. The monoisotopic (exact) mass is 424 g/mol. The lowest BCUT2D eigenvalue weighted by atomic mass is 10.1. The van der Waals surface area contributed by atoms with E-state index in [1.54, 1.807) is 6.92 Å². The Kier molecular flexibility index (Phi) is 5.58. The van der Waals surface area contributed by atoms with Crippen LogP contribution >= 0.6 is 0 Å². The van der Waals surface area contributed by atoms with Gasteiger partial charge in [0.05, 0.1) is 5.56 Å². The summed E-state index contributed by atoms with van der Waals surface area (Å²) < 4.78 is 44.0. The molecule has 1 aromatic heterocycles. The largest absolute Gasteiger partial charge is 0.474 e. The van der Waals surface area contributed by atoms with Gasteiger partial charge < -0.3 is 20.2 Å². The molecular formula is C18H15F3N4O5. The van der Waals surface area contributed by atoms with Crippen LogP contribution in [0.25, 0.3) is 0 Å². The molecule has 1 atom stereocenters. The third-order valence-electron chi connectivity index (χ3n) is 4.22. The molecule has 30 heavy (non-hydrogen) atoms. The van der Waals surface area contributed by atoms with Crippen molar-refractivity contribution < 1.29 is 32.4 Å². The number of hydrogen-bond donors (Lipinski definition) is 1. The number of nitro groups is 1. The second-order valence-electron chi connectivity index (χ2n) is 6.31. The molecule has 1 aliphatic heterocycles. The maximum absolute atomic E-state index is 12.8. The Morgan fingerprint density at radius 1 is 1.33 bits per heavy atom. The highest BCUT2D eigenvalue weighted by atomic mass is 19.4. The number of anilines is 2. The highest BCUT2D eigenvalue weighted by Gasteiger charge is 2.39. The van der Waals surface area contributed by atoms with Gasteiger partial charge >= 0.3 is 12.0 Å². The van der Waals surface area contributed by atoms with E-state index in [0.29, 0.717) is 0 Å². The second-order valence-corrected chi connectivity index (χ2v) is 6.31. The first-order chi connectivity index (χ1) is 14.1. The molecule has 0 spiro atoms. The highest BCUT2D eigenvalue weighted by molar-refractivity contribution is 6.05. The summed E-state index contributed by atoms with van der Waals surface area (Å²) in [5.74, 6) is -2.13. The molecule has 2 aromatic rings. The van der Waals surface area contributed by atoms with E-state index >= 15 is 0 Å². The van der Waals surface area contributed by atoms with Crippen molar-refractivity contribution in [3.05, 3.63) is 52.1 Å². The van der Waals surface area contributed by atoms with Crippen molar-refractivity contribution in [1.29, 1.82) is 0 Å². The molecule has 1 N–H and O–H groups in total. The van der Waals surface area contributed by atoms with Crippen molar-refractivity contribution in [3.8, 4) is 5.75 Å². The van der Waals surface area contributed by atoms with Crippen molar-refractivity contribution >= 4 is 29.1 Å². The molecule has 9 nitrogen and oxygen atoms in total. The van der Waals surface area contributed by atoms with Crippen molar-refractivity contribution in [1.82, 2.24) is 4.98 Å². The fourth-order valence-corrected chi connectivity index (χ4v) is 2.82. The topological polar surface area (TPSA) is 115 Å². The second kappa shape index (κ2) is 7.97. The average Bonchev–Trinajstić information content (AvgIpc) is 2.69. The quantitative estimate of drug-likeness (QED) is 0.583. The van der Waals surface area contributed by atoms with Gasteiger partial charge in [-0.3, -0.25) is 14.5 Å². The number of rotatable bonds is 5. The minimum atomic E-state index is -4.59. The summed E-state index contributed by atoms with van der Waals surface area (Å²) in [4.78, 5) is 40.0. The number of ether oxygens (including phenoxy) is 1. The third kappa shape index (κ3) is 4.31. The number of hydrogen-bond acceptors (Lipinski definition) is 6. The van der Waals surface area contributed by atoms with Gasteiger partial charge in [0.15, 0.2) is 11.9 Å². The van der Waals surface area contributed by atoms with Gasteiger partial charge in [0.1, 0.15) is 6.54 Å². The Hall–Kier alpha value is -3.70. The normalized spacial score (nSPS) is 15.9. The van der Waals surface area contributed by atoms with E-state index < -0.39 is 46.9 Å². The summed E-state index contributed by atoms with van der Waals surface area (Å²) in [5, 5.41) is 13.3. The van der Waals surface area contributed by atoms with Crippen LogP contribution in [0, 0.1) is 10.1 Å². The number of benzene rings is 1. The predicted octanol–water partition coefficient (Wildman–Crippen LogP) is 3.15. The molecule has 158 valence electrons. The smallest absolute Gasteiger partial charge is 0.416 e. The van der Waals surface area contributed by atoms with Crippen molar-refractivity contribution in [2.45, 2.75) is 25.6 Å². The van der Waals surface area contributed by atoms with Gasteiger partial charge in [0.2, 0.25) is 5.91 Å². The van der Waals surface area contributed by atoms with Crippen LogP contribution < -0.4 is 15.0 Å². The summed E-state index contributed by atoms with van der Waals surface area (Å²) in [6.45, 7) is 1.06. The number of pyridine rings is 1. The van der Waals surface area contributed by atoms with Crippen LogP contribution in [0.4, 0.5) is 30.5 Å².